The number of amides is 3. The number of hydroxylamine groups is 1. The molecule has 3 aromatic carbocycles. The lowest BCUT2D eigenvalue weighted by Crippen LogP contribution is -2.56. The SMILES string of the molecule is Cc1cc(CCC[C@@H](C(=O)N[C@H](C(=O)N[C@H](C)c2ccccc2)C(C)(C)C)[C@H](O)C(=O)NO)ccc1-c1cccc(C#N)c1. The minimum atomic E-state index is -1.82. The van der Waals surface area contributed by atoms with Crippen LogP contribution in [0.3, 0.4) is 0 Å². The number of carbonyl (C=O) groups is 3. The molecule has 0 saturated heterocycles. The van der Waals surface area contributed by atoms with Crippen molar-refractivity contribution in [3.8, 4) is 17.2 Å². The normalized spacial score (nSPS) is 14.0. The molecule has 9 heteroatoms. The van der Waals surface area contributed by atoms with Crippen molar-refractivity contribution in [1.82, 2.24) is 16.1 Å². The zero-order valence-electron chi connectivity index (χ0n) is 25.9. The van der Waals surface area contributed by atoms with E-state index >= 15 is 0 Å². The van der Waals surface area contributed by atoms with E-state index in [1.807, 2.05) is 101 Å². The lowest BCUT2D eigenvalue weighted by Gasteiger charge is -2.33. The van der Waals surface area contributed by atoms with Crippen molar-refractivity contribution >= 4 is 17.7 Å². The standard InChI is InChI=1S/C35H42N4O5/c1-22-19-24(17-18-28(22)27-15-9-12-25(20-27)21-36)11-10-16-29(30(40)33(42)39-44)32(41)38-31(35(3,4)5)34(43)37-23(2)26-13-7-6-8-14-26/h6-9,12-15,17-20,23,29-31,40,44H,10-11,16H2,1-5H3,(H,37,43)(H,38,41)(H,39,42)/t23-,29-,30+,31-/m1/s1. The highest BCUT2D eigenvalue weighted by molar-refractivity contribution is 5.92. The molecule has 0 aromatic heterocycles. The average Bonchev–Trinajstić information content (AvgIpc) is 3.00. The predicted molar refractivity (Wildman–Crippen MR) is 168 cm³/mol. The highest BCUT2D eigenvalue weighted by Crippen LogP contribution is 2.27. The van der Waals surface area contributed by atoms with Crippen LogP contribution in [0.5, 0.6) is 0 Å². The Morgan fingerprint density at radius 2 is 1.61 bits per heavy atom. The summed E-state index contributed by atoms with van der Waals surface area (Å²) in [5.74, 6) is -3.36. The fourth-order valence-electron chi connectivity index (χ4n) is 5.22. The van der Waals surface area contributed by atoms with E-state index in [2.05, 4.69) is 16.7 Å². The smallest absolute Gasteiger partial charge is 0.272 e. The number of carbonyl (C=O) groups excluding carboxylic acids is 3. The van der Waals surface area contributed by atoms with Gasteiger partial charge in [-0.2, -0.15) is 5.26 Å². The summed E-state index contributed by atoms with van der Waals surface area (Å²) in [4.78, 5) is 39.1. The number of aliphatic hydroxyl groups is 1. The van der Waals surface area contributed by atoms with Crippen molar-refractivity contribution in [1.29, 1.82) is 5.26 Å². The lowest BCUT2D eigenvalue weighted by molar-refractivity contribution is -0.147. The Morgan fingerprint density at radius 3 is 2.23 bits per heavy atom. The third kappa shape index (κ3) is 8.99. The molecule has 0 fully saturated rings. The van der Waals surface area contributed by atoms with E-state index in [0.717, 1.165) is 27.8 Å². The van der Waals surface area contributed by atoms with Crippen LogP contribution in [0.1, 0.15) is 68.8 Å². The molecule has 0 saturated carbocycles. The van der Waals surface area contributed by atoms with Crippen molar-refractivity contribution in [2.24, 2.45) is 11.3 Å². The van der Waals surface area contributed by atoms with Crippen molar-refractivity contribution < 1.29 is 24.7 Å². The first-order valence-electron chi connectivity index (χ1n) is 14.7. The summed E-state index contributed by atoms with van der Waals surface area (Å²) in [5, 5.41) is 34.8. The molecule has 9 nitrogen and oxygen atoms in total. The van der Waals surface area contributed by atoms with Gasteiger partial charge in [0.15, 0.2) is 0 Å². The molecule has 0 radical (unpaired) electrons. The van der Waals surface area contributed by atoms with Crippen LogP contribution in [0, 0.1) is 29.6 Å². The van der Waals surface area contributed by atoms with Gasteiger partial charge in [-0.3, -0.25) is 19.6 Å². The molecular formula is C35H42N4O5. The van der Waals surface area contributed by atoms with Crippen LogP contribution in [0.15, 0.2) is 72.8 Å². The number of hydrogen-bond acceptors (Lipinski definition) is 6. The van der Waals surface area contributed by atoms with Crippen LogP contribution in [0.4, 0.5) is 0 Å². The van der Waals surface area contributed by atoms with E-state index in [0.29, 0.717) is 18.4 Å². The molecule has 3 rings (SSSR count). The van der Waals surface area contributed by atoms with Gasteiger partial charge in [-0.1, -0.05) is 81.4 Å². The summed E-state index contributed by atoms with van der Waals surface area (Å²) >= 11 is 0. The highest BCUT2D eigenvalue weighted by Gasteiger charge is 2.38. The molecule has 0 spiro atoms. The lowest BCUT2D eigenvalue weighted by atomic mass is 9.84. The number of aliphatic hydroxyl groups excluding tert-OH is 1. The van der Waals surface area contributed by atoms with Crippen LogP contribution in [0.25, 0.3) is 11.1 Å². The van der Waals surface area contributed by atoms with E-state index in [4.69, 9.17) is 5.21 Å². The maximum absolute atomic E-state index is 13.5. The maximum atomic E-state index is 13.5. The van der Waals surface area contributed by atoms with E-state index in [9.17, 15) is 24.8 Å². The number of nitriles is 1. The van der Waals surface area contributed by atoms with Gasteiger partial charge in [0.1, 0.15) is 12.1 Å². The van der Waals surface area contributed by atoms with Crippen LogP contribution in [0.2, 0.25) is 0 Å². The summed E-state index contributed by atoms with van der Waals surface area (Å²) in [5.41, 5.74) is 6.21. The first-order chi connectivity index (χ1) is 20.8. The topological polar surface area (TPSA) is 152 Å². The van der Waals surface area contributed by atoms with Crippen molar-refractivity contribution in [3.63, 3.8) is 0 Å². The second-order valence-corrected chi connectivity index (χ2v) is 12.2. The molecule has 3 aromatic rings. The minimum Gasteiger partial charge on any atom is -0.382 e. The predicted octanol–water partition coefficient (Wildman–Crippen LogP) is 4.75. The van der Waals surface area contributed by atoms with E-state index in [1.54, 1.807) is 6.07 Å². The quantitative estimate of drug-likeness (QED) is 0.150. The van der Waals surface area contributed by atoms with Gasteiger partial charge in [0.25, 0.3) is 5.91 Å². The largest absolute Gasteiger partial charge is 0.382 e. The molecule has 5 N–H and O–H groups in total. The summed E-state index contributed by atoms with van der Waals surface area (Å²) < 4.78 is 0. The van der Waals surface area contributed by atoms with Crippen LogP contribution < -0.4 is 16.1 Å². The van der Waals surface area contributed by atoms with E-state index in [1.165, 1.54) is 5.48 Å². The van der Waals surface area contributed by atoms with Gasteiger partial charge in [-0.25, -0.2) is 5.48 Å². The molecule has 0 bridgehead atoms. The molecule has 4 atom stereocenters. The number of hydrogen-bond donors (Lipinski definition) is 5. The Morgan fingerprint density at radius 1 is 0.909 bits per heavy atom. The van der Waals surface area contributed by atoms with Gasteiger partial charge in [-0.15, -0.1) is 0 Å². The van der Waals surface area contributed by atoms with Crippen LogP contribution in [-0.2, 0) is 20.8 Å². The minimum absolute atomic E-state index is 0.129. The van der Waals surface area contributed by atoms with Gasteiger partial charge in [0, 0.05) is 0 Å². The molecular weight excluding hydrogens is 556 g/mol. The Balaban J connectivity index is 1.73. The van der Waals surface area contributed by atoms with Crippen LogP contribution in [-0.4, -0.2) is 40.2 Å². The fourth-order valence-corrected chi connectivity index (χ4v) is 5.22. The molecule has 232 valence electrons. The molecule has 0 aliphatic heterocycles. The number of nitrogens with one attached hydrogen (secondary N) is 3. The third-order valence-corrected chi connectivity index (χ3v) is 7.74. The number of rotatable bonds is 12. The van der Waals surface area contributed by atoms with E-state index < -0.39 is 41.2 Å². The van der Waals surface area contributed by atoms with Crippen molar-refractivity contribution in [2.45, 2.75) is 72.1 Å². The summed E-state index contributed by atoms with van der Waals surface area (Å²) in [6.07, 6.45) is -0.671. The van der Waals surface area contributed by atoms with Gasteiger partial charge < -0.3 is 15.7 Å². The molecule has 44 heavy (non-hydrogen) atoms. The highest BCUT2D eigenvalue weighted by atomic mass is 16.5. The number of benzene rings is 3. The van der Waals surface area contributed by atoms with Gasteiger partial charge in [-0.05, 0) is 78.5 Å². The summed E-state index contributed by atoms with van der Waals surface area (Å²) in [6, 6.07) is 23.7. The zero-order chi connectivity index (χ0) is 32.4. The first kappa shape index (κ1) is 34.0. The maximum Gasteiger partial charge on any atom is 0.272 e. The second kappa shape index (κ2) is 15.3. The third-order valence-electron chi connectivity index (χ3n) is 7.74. The molecule has 3 amide bonds. The average molecular weight is 599 g/mol. The number of nitrogens with zero attached hydrogens (tertiary/aromatic N) is 1. The first-order valence-corrected chi connectivity index (χ1v) is 14.7. The summed E-state index contributed by atoms with van der Waals surface area (Å²) in [7, 11) is 0. The van der Waals surface area contributed by atoms with Gasteiger partial charge >= 0.3 is 0 Å². The summed E-state index contributed by atoms with van der Waals surface area (Å²) in [6.45, 7) is 9.29. The zero-order valence-corrected chi connectivity index (χ0v) is 25.9. The van der Waals surface area contributed by atoms with Gasteiger partial charge in [0.05, 0.1) is 23.6 Å². The fraction of sp³-hybridized carbons (Fsp3) is 0.371. The van der Waals surface area contributed by atoms with Crippen molar-refractivity contribution in [2.75, 3.05) is 0 Å². The van der Waals surface area contributed by atoms with Gasteiger partial charge in [0.2, 0.25) is 11.8 Å². The Kier molecular flexibility index (Phi) is 11.8. The molecule has 0 unspecified atom stereocenters. The number of aryl methyl sites for hydroxylation is 2. The van der Waals surface area contributed by atoms with Crippen molar-refractivity contribution in [3.05, 3.63) is 95.1 Å². The Hall–Kier alpha value is -4.52. The molecule has 0 heterocycles. The Bertz CT molecular complexity index is 1490. The Labute approximate surface area is 259 Å². The molecule has 0 aliphatic rings. The van der Waals surface area contributed by atoms with Crippen LogP contribution >= 0.6 is 0 Å². The molecule has 0 aliphatic carbocycles. The monoisotopic (exact) mass is 598 g/mol. The van der Waals surface area contributed by atoms with E-state index in [-0.39, 0.29) is 12.5 Å². The second-order valence-electron chi connectivity index (χ2n) is 12.2.